The fourth-order valence-electron chi connectivity index (χ4n) is 2.24. The molecule has 3 N–H and O–H groups in total. The van der Waals surface area contributed by atoms with Gasteiger partial charge in [0, 0.05) is 5.70 Å². The highest BCUT2D eigenvalue weighted by Crippen LogP contribution is 2.37. The quantitative estimate of drug-likeness (QED) is 0.382. The summed E-state index contributed by atoms with van der Waals surface area (Å²) in [6.45, 7) is 1.76. The molecule has 22 heavy (non-hydrogen) atoms. The number of thiocarbonyl (C=S) groups is 1. The molecule has 0 fully saturated rings. The number of esters is 1. The highest BCUT2D eigenvalue weighted by molar-refractivity contribution is 14.1. The topological polar surface area (TPSA) is 79.8 Å². The molecule has 2 rings (SSSR count). The zero-order valence-electron chi connectivity index (χ0n) is 12.2. The normalized spacial score (nSPS) is 17.6. The largest absolute Gasteiger partial charge is 0.504 e. The molecule has 8 heteroatoms. The highest BCUT2D eigenvalue weighted by Gasteiger charge is 2.31. The fourth-order valence-corrected chi connectivity index (χ4v) is 3.14. The van der Waals surface area contributed by atoms with Crippen molar-refractivity contribution in [3.05, 3.63) is 32.5 Å². The van der Waals surface area contributed by atoms with Gasteiger partial charge in [-0.05, 0) is 59.4 Å². The first-order valence-electron chi connectivity index (χ1n) is 6.32. The minimum Gasteiger partial charge on any atom is -0.504 e. The maximum Gasteiger partial charge on any atom is 0.337 e. The van der Waals surface area contributed by atoms with E-state index in [1.807, 2.05) is 22.6 Å². The Balaban J connectivity index is 2.58. The molecule has 1 aromatic carbocycles. The number of carbonyl (C=O) groups excluding carboxylic acids is 1. The molecule has 1 aliphatic heterocycles. The van der Waals surface area contributed by atoms with Crippen molar-refractivity contribution in [3.63, 3.8) is 0 Å². The predicted octanol–water partition coefficient (Wildman–Crippen LogP) is 1.97. The summed E-state index contributed by atoms with van der Waals surface area (Å²) in [7, 11) is 2.80. The van der Waals surface area contributed by atoms with Gasteiger partial charge in [0.2, 0.25) is 0 Å². The van der Waals surface area contributed by atoms with E-state index in [9.17, 15) is 9.90 Å². The first-order chi connectivity index (χ1) is 10.4. The minimum absolute atomic E-state index is 0.0590. The summed E-state index contributed by atoms with van der Waals surface area (Å²) >= 11 is 7.17. The molecular weight excluding hydrogens is 419 g/mol. The van der Waals surface area contributed by atoms with Crippen molar-refractivity contribution in [2.75, 3.05) is 14.2 Å². The van der Waals surface area contributed by atoms with Crippen molar-refractivity contribution in [1.29, 1.82) is 0 Å². The van der Waals surface area contributed by atoms with E-state index < -0.39 is 12.0 Å². The molecule has 0 saturated heterocycles. The molecular formula is C14H15IN2O4S. The van der Waals surface area contributed by atoms with E-state index in [1.54, 1.807) is 19.1 Å². The van der Waals surface area contributed by atoms with Crippen LogP contribution in [0.15, 0.2) is 23.4 Å². The Kier molecular flexibility index (Phi) is 5.12. The Morgan fingerprint density at radius 2 is 2.09 bits per heavy atom. The van der Waals surface area contributed by atoms with E-state index >= 15 is 0 Å². The van der Waals surface area contributed by atoms with Crippen LogP contribution in [0.25, 0.3) is 0 Å². The van der Waals surface area contributed by atoms with Gasteiger partial charge in [0.05, 0.1) is 29.4 Å². The van der Waals surface area contributed by atoms with Gasteiger partial charge < -0.3 is 25.2 Å². The Bertz CT molecular complexity index is 675. The van der Waals surface area contributed by atoms with Crippen LogP contribution in [0.5, 0.6) is 11.5 Å². The molecule has 0 saturated carbocycles. The van der Waals surface area contributed by atoms with Gasteiger partial charge >= 0.3 is 5.97 Å². The average molecular weight is 434 g/mol. The Morgan fingerprint density at radius 3 is 2.68 bits per heavy atom. The van der Waals surface area contributed by atoms with E-state index in [2.05, 4.69) is 10.6 Å². The Labute approximate surface area is 147 Å². The number of nitrogens with one attached hydrogen (secondary N) is 2. The molecule has 0 radical (unpaired) electrons. The van der Waals surface area contributed by atoms with Gasteiger partial charge in [-0.15, -0.1) is 0 Å². The molecule has 0 spiro atoms. The van der Waals surface area contributed by atoms with Gasteiger partial charge in [-0.25, -0.2) is 4.79 Å². The third-order valence-corrected chi connectivity index (χ3v) is 4.32. The van der Waals surface area contributed by atoms with Gasteiger partial charge in [-0.2, -0.15) is 0 Å². The molecule has 1 heterocycles. The fraction of sp³-hybridized carbons (Fsp3) is 0.286. The smallest absolute Gasteiger partial charge is 0.337 e. The number of phenolic OH excluding ortho intramolecular Hbond substituents is 1. The SMILES string of the molecule is COC(=O)C1=C(C)NC(=S)N[C@@H]1c1cc(I)c(O)c(OC)c1. The zero-order chi connectivity index (χ0) is 16.4. The maximum atomic E-state index is 12.1. The number of hydrogen-bond donors (Lipinski definition) is 3. The van der Waals surface area contributed by atoms with Gasteiger partial charge in [-0.3, -0.25) is 0 Å². The zero-order valence-corrected chi connectivity index (χ0v) is 15.2. The van der Waals surface area contributed by atoms with E-state index in [4.69, 9.17) is 21.7 Å². The highest BCUT2D eigenvalue weighted by atomic mass is 127. The van der Waals surface area contributed by atoms with Crippen molar-refractivity contribution in [2.24, 2.45) is 0 Å². The monoisotopic (exact) mass is 434 g/mol. The lowest BCUT2D eigenvalue weighted by Gasteiger charge is -2.30. The number of methoxy groups -OCH3 is 2. The molecule has 0 bridgehead atoms. The molecule has 6 nitrogen and oxygen atoms in total. The van der Waals surface area contributed by atoms with Crippen molar-refractivity contribution >= 4 is 45.9 Å². The summed E-state index contributed by atoms with van der Waals surface area (Å²) in [6.07, 6.45) is 0. The number of benzene rings is 1. The van der Waals surface area contributed by atoms with Crippen LogP contribution < -0.4 is 15.4 Å². The van der Waals surface area contributed by atoms with Crippen molar-refractivity contribution in [2.45, 2.75) is 13.0 Å². The van der Waals surface area contributed by atoms with Gasteiger partial charge in [0.15, 0.2) is 16.6 Å². The number of aromatic hydroxyl groups is 1. The molecule has 1 aliphatic rings. The number of halogens is 1. The van der Waals surface area contributed by atoms with E-state index in [-0.39, 0.29) is 5.75 Å². The Hall–Kier alpha value is -1.55. The molecule has 0 amide bonds. The third-order valence-electron chi connectivity index (χ3n) is 3.28. The summed E-state index contributed by atoms with van der Waals surface area (Å²) in [5.74, 6) is -0.0641. The van der Waals surface area contributed by atoms with Crippen LogP contribution in [-0.4, -0.2) is 30.4 Å². The van der Waals surface area contributed by atoms with E-state index in [0.29, 0.717) is 25.7 Å². The number of allylic oxidation sites excluding steroid dienone is 1. The maximum absolute atomic E-state index is 12.1. The summed E-state index contributed by atoms with van der Waals surface area (Å²) in [6, 6.07) is 2.95. The predicted molar refractivity (Wildman–Crippen MR) is 93.7 cm³/mol. The molecule has 1 atom stereocenters. The lowest BCUT2D eigenvalue weighted by atomic mass is 9.95. The average Bonchev–Trinajstić information content (AvgIpc) is 2.48. The molecule has 1 aromatic rings. The standard InChI is InChI=1S/C14H15IN2O4S/c1-6-10(13(19)21-3)11(17-14(22)16-6)7-4-8(15)12(18)9(5-7)20-2/h4-5,11,18H,1-3H3,(H2,16,17,22)/t11-/m1/s1. The summed E-state index contributed by atoms with van der Waals surface area (Å²) in [5.41, 5.74) is 1.80. The number of hydrogen-bond acceptors (Lipinski definition) is 5. The van der Waals surface area contributed by atoms with Gasteiger partial charge in [0.25, 0.3) is 0 Å². The lowest BCUT2D eigenvalue weighted by molar-refractivity contribution is -0.136. The number of rotatable bonds is 3. The van der Waals surface area contributed by atoms with E-state index in [0.717, 1.165) is 5.56 Å². The molecule has 118 valence electrons. The second kappa shape index (κ2) is 6.69. The molecule has 0 aliphatic carbocycles. The van der Waals surface area contributed by atoms with E-state index in [1.165, 1.54) is 14.2 Å². The number of ether oxygens (including phenoxy) is 2. The second-order valence-electron chi connectivity index (χ2n) is 4.62. The van der Waals surface area contributed by atoms with Crippen LogP contribution in [0, 0.1) is 3.57 Å². The van der Waals surface area contributed by atoms with Crippen LogP contribution >= 0.6 is 34.8 Å². The molecule has 0 aromatic heterocycles. The molecule has 0 unspecified atom stereocenters. The summed E-state index contributed by atoms with van der Waals surface area (Å²) in [5, 5.41) is 16.3. The van der Waals surface area contributed by atoms with Crippen molar-refractivity contribution in [3.8, 4) is 11.5 Å². The van der Waals surface area contributed by atoms with Gasteiger partial charge in [-0.1, -0.05) is 0 Å². The van der Waals surface area contributed by atoms with Gasteiger partial charge in [0.1, 0.15) is 0 Å². The lowest BCUT2D eigenvalue weighted by Crippen LogP contribution is -2.45. The summed E-state index contributed by atoms with van der Waals surface area (Å²) < 4.78 is 10.6. The van der Waals surface area contributed by atoms with Crippen molar-refractivity contribution < 1.29 is 19.4 Å². The number of phenols is 1. The van der Waals surface area contributed by atoms with Crippen LogP contribution in [0.3, 0.4) is 0 Å². The third kappa shape index (κ3) is 3.12. The number of carbonyl (C=O) groups is 1. The summed E-state index contributed by atoms with van der Waals surface area (Å²) in [4.78, 5) is 12.1. The van der Waals surface area contributed by atoms with Crippen molar-refractivity contribution in [1.82, 2.24) is 10.6 Å². The Morgan fingerprint density at radius 1 is 1.41 bits per heavy atom. The van der Waals surface area contributed by atoms with Crippen LogP contribution in [0.1, 0.15) is 18.5 Å². The van der Waals surface area contributed by atoms with Crippen LogP contribution in [-0.2, 0) is 9.53 Å². The van der Waals surface area contributed by atoms with Crippen LogP contribution in [0.4, 0.5) is 0 Å². The first kappa shape index (κ1) is 16.8. The second-order valence-corrected chi connectivity index (χ2v) is 6.19. The van der Waals surface area contributed by atoms with Crippen LogP contribution in [0.2, 0.25) is 0 Å². The minimum atomic E-state index is -0.482. The first-order valence-corrected chi connectivity index (χ1v) is 7.80.